The van der Waals surface area contributed by atoms with E-state index in [2.05, 4.69) is 0 Å². The molecule has 3 nitrogen and oxygen atoms in total. The Morgan fingerprint density at radius 2 is 2.21 bits per heavy atom. The molecule has 0 spiro atoms. The van der Waals surface area contributed by atoms with E-state index in [4.69, 9.17) is 9.84 Å². The quantitative estimate of drug-likeness (QED) is 0.795. The number of aliphatic carboxylic acids is 1. The van der Waals surface area contributed by atoms with Gasteiger partial charge in [0.2, 0.25) is 0 Å². The van der Waals surface area contributed by atoms with Gasteiger partial charge in [0.15, 0.2) is 0 Å². The average molecular weight is 192 g/mol. The van der Waals surface area contributed by atoms with Crippen LogP contribution in [0.5, 0.6) is 5.75 Å². The first kappa shape index (κ1) is 9.06. The van der Waals surface area contributed by atoms with E-state index in [1.54, 1.807) is 7.11 Å². The normalized spacial score (nSPS) is 24.4. The van der Waals surface area contributed by atoms with Gasteiger partial charge in [-0.25, -0.2) is 0 Å². The molecular formula is C11H12O3. The highest BCUT2D eigenvalue weighted by molar-refractivity contribution is 5.75. The number of para-hydroxylation sites is 1. The Kier molecular flexibility index (Phi) is 2.15. The second-order valence-corrected chi connectivity index (χ2v) is 3.53. The Hall–Kier alpha value is -1.51. The number of carbonyl (C=O) groups is 1. The van der Waals surface area contributed by atoms with E-state index in [1.807, 2.05) is 24.3 Å². The van der Waals surface area contributed by atoms with Crippen molar-refractivity contribution in [2.45, 2.75) is 12.3 Å². The van der Waals surface area contributed by atoms with Gasteiger partial charge in [-0.05, 0) is 18.1 Å². The van der Waals surface area contributed by atoms with Gasteiger partial charge in [0, 0.05) is 5.92 Å². The Morgan fingerprint density at radius 3 is 2.79 bits per heavy atom. The molecule has 0 amide bonds. The third-order valence-electron chi connectivity index (χ3n) is 2.65. The summed E-state index contributed by atoms with van der Waals surface area (Å²) in [6, 6.07) is 7.61. The maximum atomic E-state index is 10.7. The Bertz CT molecular complexity index is 359. The molecule has 74 valence electrons. The fourth-order valence-corrected chi connectivity index (χ4v) is 1.78. The van der Waals surface area contributed by atoms with E-state index in [-0.39, 0.29) is 11.8 Å². The number of carboxylic acid groups (broad SMARTS) is 1. The van der Waals surface area contributed by atoms with Crippen LogP contribution < -0.4 is 4.74 Å². The van der Waals surface area contributed by atoms with Gasteiger partial charge in [0.05, 0.1) is 13.0 Å². The molecule has 1 aliphatic carbocycles. The van der Waals surface area contributed by atoms with Crippen LogP contribution in [-0.2, 0) is 4.79 Å². The predicted octanol–water partition coefficient (Wildman–Crippen LogP) is 1.88. The zero-order valence-electron chi connectivity index (χ0n) is 7.93. The van der Waals surface area contributed by atoms with Crippen LogP contribution in [-0.4, -0.2) is 18.2 Å². The van der Waals surface area contributed by atoms with Crippen LogP contribution in [0.1, 0.15) is 17.9 Å². The van der Waals surface area contributed by atoms with Crippen LogP contribution in [0.3, 0.4) is 0 Å². The van der Waals surface area contributed by atoms with Gasteiger partial charge < -0.3 is 9.84 Å². The SMILES string of the molecule is COc1ccccc1C1CC1C(=O)O. The van der Waals surface area contributed by atoms with Gasteiger partial charge in [0.1, 0.15) is 5.75 Å². The van der Waals surface area contributed by atoms with E-state index in [0.717, 1.165) is 17.7 Å². The molecule has 2 unspecified atom stereocenters. The number of methoxy groups -OCH3 is 1. The second kappa shape index (κ2) is 3.33. The summed E-state index contributed by atoms with van der Waals surface area (Å²) in [4.78, 5) is 10.7. The molecule has 3 heteroatoms. The number of hydrogen-bond acceptors (Lipinski definition) is 2. The molecule has 1 aromatic carbocycles. The minimum atomic E-state index is -0.707. The van der Waals surface area contributed by atoms with Crippen LogP contribution in [0, 0.1) is 5.92 Å². The van der Waals surface area contributed by atoms with E-state index >= 15 is 0 Å². The summed E-state index contributed by atoms with van der Waals surface area (Å²) in [6.45, 7) is 0. The lowest BCUT2D eigenvalue weighted by molar-refractivity contribution is -0.138. The topological polar surface area (TPSA) is 46.5 Å². The summed E-state index contributed by atoms with van der Waals surface area (Å²) in [5.41, 5.74) is 1.02. The standard InChI is InChI=1S/C11H12O3/c1-14-10-5-3-2-4-7(10)8-6-9(8)11(12)13/h2-5,8-9H,6H2,1H3,(H,12,13). The highest BCUT2D eigenvalue weighted by atomic mass is 16.5. The van der Waals surface area contributed by atoms with Crippen molar-refractivity contribution in [1.82, 2.24) is 0 Å². The highest BCUT2D eigenvalue weighted by Gasteiger charge is 2.45. The van der Waals surface area contributed by atoms with Gasteiger partial charge >= 0.3 is 5.97 Å². The monoisotopic (exact) mass is 192 g/mol. The lowest BCUT2D eigenvalue weighted by Gasteiger charge is -2.06. The molecule has 0 aliphatic heterocycles. The van der Waals surface area contributed by atoms with Crippen molar-refractivity contribution in [3.05, 3.63) is 29.8 Å². The first-order valence-corrected chi connectivity index (χ1v) is 4.59. The molecule has 0 saturated heterocycles. The van der Waals surface area contributed by atoms with Gasteiger partial charge in [-0.2, -0.15) is 0 Å². The third-order valence-corrected chi connectivity index (χ3v) is 2.65. The zero-order chi connectivity index (χ0) is 10.1. The lowest BCUT2D eigenvalue weighted by Crippen LogP contribution is -1.99. The van der Waals surface area contributed by atoms with Crippen LogP contribution in [0.15, 0.2) is 24.3 Å². The van der Waals surface area contributed by atoms with Gasteiger partial charge in [-0.15, -0.1) is 0 Å². The van der Waals surface area contributed by atoms with Crippen LogP contribution in [0.2, 0.25) is 0 Å². The van der Waals surface area contributed by atoms with Crippen molar-refractivity contribution < 1.29 is 14.6 Å². The van der Waals surface area contributed by atoms with Crippen molar-refractivity contribution in [3.8, 4) is 5.75 Å². The molecule has 1 N–H and O–H groups in total. The summed E-state index contributed by atoms with van der Waals surface area (Å²) in [5, 5.41) is 8.81. The molecule has 0 heterocycles. The molecule has 1 saturated carbocycles. The molecule has 0 aromatic heterocycles. The van der Waals surface area contributed by atoms with Crippen molar-refractivity contribution >= 4 is 5.97 Å². The van der Waals surface area contributed by atoms with Crippen LogP contribution in [0.4, 0.5) is 0 Å². The first-order chi connectivity index (χ1) is 6.74. The van der Waals surface area contributed by atoms with Crippen molar-refractivity contribution in [2.75, 3.05) is 7.11 Å². The first-order valence-electron chi connectivity index (χ1n) is 4.59. The average Bonchev–Trinajstić information content (AvgIpc) is 2.97. The largest absolute Gasteiger partial charge is 0.496 e. The molecule has 0 bridgehead atoms. The maximum Gasteiger partial charge on any atom is 0.307 e. The number of rotatable bonds is 3. The molecule has 14 heavy (non-hydrogen) atoms. The summed E-state index contributed by atoms with van der Waals surface area (Å²) in [7, 11) is 1.61. The number of carboxylic acids is 1. The van der Waals surface area contributed by atoms with Gasteiger partial charge in [-0.1, -0.05) is 18.2 Å². The number of hydrogen-bond donors (Lipinski definition) is 1. The minimum Gasteiger partial charge on any atom is -0.496 e. The highest BCUT2D eigenvalue weighted by Crippen LogP contribution is 2.50. The fourth-order valence-electron chi connectivity index (χ4n) is 1.78. The number of benzene rings is 1. The van der Waals surface area contributed by atoms with Gasteiger partial charge in [-0.3, -0.25) is 4.79 Å². The van der Waals surface area contributed by atoms with E-state index in [1.165, 1.54) is 0 Å². The molecule has 0 radical (unpaired) electrons. The fraction of sp³-hybridized carbons (Fsp3) is 0.364. The smallest absolute Gasteiger partial charge is 0.307 e. The van der Waals surface area contributed by atoms with Crippen molar-refractivity contribution in [2.24, 2.45) is 5.92 Å². The molecular weight excluding hydrogens is 180 g/mol. The number of ether oxygens (including phenoxy) is 1. The Morgan fingerprint density at radius 1 is 1.50 bits per heavy atom. The molecule has 1 fully saturated rings. The third kappa shape index (κ3) is 1.45. The summed E-state index contributed by atoms with van der Waals surface area (Å²) in [6.07, 6.45) is 0.732. The Labute approximate surface area is 82.3 Å². The summed E-state index contributed by atoms with van der Waals surface area (Å²) < 4.78 is 5.18. The minimum absolute atomic E-state index is 0.142. The predicted molar refractivity (Wildman–Crippen MR) is 51.5 cm³/mol. The van der Waals surface area contributed by atoms with Crippen LogP contribution in [0.25, 0.3) is 0 Å². The molecule has 1 aliphatic rings. The summed E-state index contributed by atoms with van der Waals surface area (Å²) in [5.74, 6) is 0.0112. The van der Waals surface area contributed by atoms with E-state index in [9.17, 15) is 4.79 Å². The molecule has 2 rings (SSSR count). The Balaban J connectivity index is 2.22. The van der Waals surface area contributed by atoms with E-state index < -0.39 is 5.97 Å². The lowest BCUT2D eigenvalue weighted by atomic mass is 10.1. The van der Waals surface area contributed by atoms with Crippen molar-refractivity contribution in [1.29, 1.82) is 0 Å². The second-order valence-electron chi connectivity index (χ2n) is 3.53. The van der Waals surface area contributed by atoms with Crippen LogP contribution >= 0.6 is 0 Å². The molecule has 1 aromatic rings. The van der Waals surface area contributed by atoms with E-state index in [0.29, 0.717) is 0 Å². The van der Waals surface area contributed by atoms with Crippen molar-refractivity contribution in [3.63, 3.8) is 0 Å². The zero-order valence-corrected chi connectivity index (χ0v) is 7.93. The summed E-state index contributed by atoms with van der Waals surface area (Å²) >= 11 is 0. The van der Waals surface area contributed by atoms with Gasteiger partial charge in [0.25, 0.3) is 0 Å². The maximum absolute atomic E-state index is 10.7. The molecule has 2 atom stereocenters.